The first kappa shape index (κ1) is 18.2. The van der Waals surface area contributed by atoms with Gasteiger partial charge in [0.15, 0.2) is 0 Å². The van der Waals surface area contributed by atoms with E-state index in [4.69, 9.17) is 16.2 Å². The Balaban J connectivity index is 4.06. The number of amides is 1. The van der Waals surface area contributed by atoms with Crippen molar-refractivity contribution in [1.82, 2.24) is 5.32 Å². The van der Waals surface area contributed by atoms with Crippen LogP contribution < -0.4 is 16.8 Å². The van der Waals surface area contributed by atoms with Crippen LogP contribution in [0, 0.1) is 11.8 Å². The van der Waals surface area contributed by atoms with E-state index < -0.39 is 5.60 Å². The second kappa shape index (κ2) is 8.38. The standard InChI is InChI=1S/C14H31N3O2/c1-6-11(12(16)10(2)9-15)7-8-17-13(18)19-14(3,4)5/h10-12H,6-9,15-16H2,1-5H3,(H,17,18)/t10-,11-,12+/m1/s1. The largest absolute Gasteiger partial charge is 0.444 e. The average Bonchev–Trinajstić information content (AvgIpc) is 2.30. The first-order chi connectivity index (χ1) is 8.71. The Kier molecular flexibility index (Phi) is 8.02. The zero-order valence-corrected chi connectivity index (χ0v) is 13.0. The summed E-state index contributed by atoms with van der Waals surface area (Å²) in [4.78, 5) is 11.5. The fraction of sp³-hybridized carbons (Fsp3) is 0.929. The van der Waals surface area contributed by atoms with Crippen LogP contribution in [0.1, 0.15) is 47.5 Å². The van der Waals surface area contributed by atoms with Crippen molar-refractivity contribution in [3.63, 3.8) is 0 Å². The van der Waals surface area contributed by atoms with E-state index >= 15 is 0 Å². The second-order valence-corrected chi connectivity index (χ2v) is 6.18. The Morgan fingerprint density at radius 1 is 1.37 bits per heavy atom. The van der Waals surface area contributed by atoms with Crippen molar-refractivity contribution in [3.05, 3.63) is 0 Å². The van der Waals surface area contributed by atoms with Crippen molar-refractivity contribution >= 4 is 6.09 Å². The lowest BCUT2D eigenvalue weighted by Gasteiger charge is -2.27. The van der Waals surface area contributed by atoms with Gasteiger partial charge in [-0.3, -0.25) is 0 Å². The molecule has 5 nitrogen and oxygen atoms in total. The Morgan fingerprint density at radius 3 is 2.37 bits per heavy atom. The van der Waals surface area contributed by atoms with Crippen LogP contribution in [0.25, 0.3) is 0 Å². The number of hydrogen-bond acceptors (Lipinski definition) is 4. The summed E-state index contributed by atoms with van der Waals surface area (Å²) in [6.45, 7) is 10.9. The van der Waals surface area contributed by atoms with E-state index in [0.29, 0.717) is 24.9 Å². The molecule has 0 aliphatic rings. The summed E-state index contributed by atoms with van der Waals surface area (Å²) in [6, 6.07) is 0.0791. The maximum atomic E-state index is 11.5. The van der Waals surface area contributed by atoms with Gasteiger partial charge in [-0.15, -0.1) is 0 Å². The zero-order chi connectivity index (χ0) is 15.1. The molecule has 0 heterocycles. The summed E-state index contributed by atoms with van der Waals surface area (Å²) in [7, 11) is 0. The zero-order valence-electron chi connectivity index (χ0n) is 13.0. The van der Waals surface area contributed by atoms with E-state index in [0.717, 1.165) is 12.8 Å². The van der Waals surface area contributed by atoms with Gasteiger partial charge in [0, 0.05) is 12.6 Å². The van der Waals surface area contributed by atoms with Gasteiger partial charge in [0.2, 0.25) is 0 Å². The molecule has 1 amide bonds. The molecule has 0 aromatic carbocycles. The van der Waals surface area contributed by atoms with Crippen LogP contribution in [0.3, 0.4) is 0 Å². The van der Waals surface area contributed by atoms with E-state index in [9.17, 15) is 4.79 Å². The summed E-state index contributed by atoms with van der Waals surface area (Å²) in [5.74, 6) is 0.667. The van der Waals surface area contributed by atoms with Gasteiger partial charge < -0.3 is 21.5 Å². The number of carbonyl (C=O) groups is 1. The third-order valence-corrected chi connectivity index (χ3v) is 3.28. The highest BCUT2D eigenvalue weighted by Gasteiger charge is 2.21. The van der Waals surface area contributed by atoms with Crippen LogP contribution >= 0.6 is 0 Å². The van der Waals surface area contributed by atoms with Crippen LogP contribution in [0.2, 0.25) is 0 Å². The van der Waals surface area contributed by atoms with Gasteiger partial charge in [0.1, 0.15) is 5.60 Å². The van der Waals surface area contributed by atoms with Crippen LogP contribution in [0.5, 0.6) is 0 Å². The summed E-state index contributed by atoms with van der Waals surface area (Å²) in [5, 5.41) is 2.77. The maximum absolute atomic E-state index is 11.5. The van der Waals surface area contributed by atoms with Gasteiger partial charge in [-0.1, -0.05) is 20.3 Å². The van der Waals surface area contributed by atoms with Gasteiger partial charge in [-0.05, 0) is 45.6 Å². The van der Waals surface area contributed by atoms with E-state index in [-0.39, 0.29) is 12.1 Å². The second-order valence-electron chi connectivity index (χ2n) is 6.18. The molecule has 0 aromatic heterocycles. The SMILES string of the molecule is CC[C@H](CCNC(=O)OC(C)(C)C)[C@@H](N)[C@H](C)CN. The lowest BCUT2D eigenvalue weighted by atomic mass is 9.86. The van der Waals surface area contributed by atoms with Crippen molar-refractivity contribution < 1.29 is 9.53 Å². The minimum Gasteiger partial charge on any atom is -0.444 e. The third kappa shape index (κ3) is 8.06. The summed E-state index contributed by atoms with van der Waals surface area (Å²) in [5.41, 5.74) is 11.4. The van der Waals surface area contributed by atoms with Gasteiger partial charge in [-0.25, -0.2) is 4.79 Å². The maximum Gasteiger partial charge on any atom is 0.407 e. The van der Waals surface area contributed by atoms with E-state index in [1.165, 1.54) is 0 Å². The Hall–Kier alpha value is -0.810. The summed E-state index contributed by atoms with van der Waals surface area (Å²) < 4.78 is 5.18. The fourth-order valence-corrected chi connectivity index (χ4v) is 1.96. The highest BCUT2D eigenvalue weighted by molar-refractivity contribution is 5.67. The number of nitrogens with one attached hydrogen (secondary N) is 1. The normalized spacial score (nSPS) is 16.6. The van der Waals surface area contributed by atoms with E-state index in [1.807, 2.05) is 20.8 Å². The van der Waals surface area contributed by atoms with Crippen molar-refractivity contribution in [1.29, 1.82) is 0 Å². The van der Waals surface area contributed by atoms with Crippen LogP contribution in [0.4, 0.5) is 4.79 Å². The molecule has 0 bridgehead atoms. The predicted octanol–water partition coefficient (Wildman–Crippen LogP) is 1.85. The number of rotatable bonds is 7. The Bertz CT molecular complexity index is 264. The lowest BCUT2D eigenvalue weighted by Crippen LogP contribution is -2.41. The van der Waals surface area contributed by atoms with E-state index in [1.54, 1.807) is 0 Å². The molecule has 0 fully saturated rings. The van der Waals surface area contributed by atoms with Crippen molar-refractivity contribution in [2.24, 2.45) is 23.3 Å². The molecule has 5 heteroatoms. The molecule has 0 aliphatic heterocycles. The molecule has 19 heavy (non-hydrogen) atoms. The smallest absolute Gasteiger partial charge is 0.407 e. The van der Waals surface area contributed by atoms with Gasteiger partial charge in [0.05, 0.1) is 0 Å². The van der Waals surface area contributed by atoms with Gasteiger partial charge in [-0.2, -0.15) is 0 Å². The fourth-order valence-electron chi connectivity index (χ4n) is 1.96. The van der Waals surface area contributed by atoms with Crippen molar-refractivity contribution in [2.45, 2.75) is 59.1 Å². The van der Waals surface area contributed by atoms with Crippen molar-refractivity contribution in [2.75, 3.05) is 13.1 Å². The number of carbonyl (C=O) groups excluding carboxylic acids is 1. The molecule has 3 atom stereocenters. The van der Waals surface area contributed by atoms with Crippen LogP contribution in [-0.4, -0.2) is 30.8 Å². The minimum absolute atomic E-state index is 0.0791. The Labute approximate surface area is 117 Å². The molecule has 0 saturated carbocycles. The molecule has 0 aliphatic carbocycles. The van der Waals surface area contributed by atoms with Crippen LogP contribution in [-0.2, 0) is 4.74 Å². The Morgan fingerprint density at radius 2 is 1.95 bits per heavy atom. The number of hydrogen-bond donors (Lipinski definition) is 3. The molecule has 0 saturated heterocycles. The first-order valence-corrected chi connectivity index (χ1v) is 7.13. The lowest BCUT2D eigenvalue weighted by molar-refractivity contribution is 0.0523. The van der Waals surface area contributed by atoms with E-state index in [2.05, 4.69) is 19.2 Å². The molecule has 0 unspecified atom stereocenters. The van der Waals surface area contributed by atoms with Crippen LogP contribution in [0.15, 0.2) is 0 Å². The molecular weight excluding hydrogens is 242 g/mol. The summed E-state index contributed by atoms with van der Waals surface area (Å²) >= 11 is 0. The number of ether oxygens (including phenoxy) is 1. The molecule has 0 radical (unpaired) electrons. The van der Waals surface area contributed by atoms with Gasteiger partial charge in [0.25, 0.3) is 0 Å². The average molecular weight is 273 g/mol. The highest BCUT2D eigenvalue weighted by Crippen LogP contribution is 2.17. The number of alkyl carbamates (subject to hydrolysis) is 1. The van der Waals surface area contributed by atoms with Gasteiger partial charge >= 0.3 is 6.09 Å². The topological polar surface area (TPSA) is 90.4 Å². The van der Waals surface area contributed by atoms with Crippen molar-refractivity contribution in [3.8, 4) is 0 Å². The molecule has 0 aromatic rings. The molecule has 0 spiro atoms. The highest BCUT2D eigenvalue weighted by atomic mass is 16.6. The third-order valence-electron chi connectivity index (χ3n) is 3.28. The predicted molar refractivity (Wildman–Crippen MR) is 78.8 cm³/mol. The minimum atomic E-state index is -0.460. The molecular formula is C14H31N3O2. The molecule has 0 rings (SSSR count). The number of nitrogens with two attached hydrogens (primary N) is 2. The quantitative estimate of drug-likeness (QED) is 0.660. The molecule has 114 valence electrons. The summed E-state index contributed by atoms with van der Waals surface area (Å²) in [6.07, 6.45) is 1.46. The molecule has 5 N–H and O–H groups in total. The monoisotopic (exact) mass is 273 g/mol. The first-order valence-electron chi connectivity index (χ1n) is 7.13.